The van der Waals surface area contributed by atoms with E-state index in [2.05, 4.69) is 5.32 Å². The molecule has 3 nitrogen and oxygen atoms in total. The van der Waals surface area contributed by atoms with Crippen molar-refractivity contribution in [3.8, 4) is 0 Å². The van der Waals surface area contributed by atoms with Crippen molar-refractivity contribution in [1.82, 2.24) is 5.32 Å². The van der Waals surface area contributed by atoms with Crippen LogP contribution in [0.25, 0.3) is 0 Å². The van der Waals surface area contributed by atoms with Crippen LogP contribution in [0.4, 0.5) is 0 Å². The van der Waals surface area contributed by atoms with E-state index in [9.17, 15) is 4.79 Å². The van der Waals surface area contributed by atoms with E-state index in [-0.39, 0.29) is 5.91 Å². The number of benzene rings is 1. The van der Waals surface area contributed by atoms with Crippen LogP contribution < -0.4 is 11.1 Å². The van der Waals surface area contributed by atoms with E-state index in [0.29, 0.717) is 13.0 Å². The molecule has 3 N–H and O–H groups in total. The molecule has 1 aromatic carbocycles. The van der Waals surface area contributed by atoms with E-state index in [1.807, 2.05) is 49.4 Å². The molecule has 0 bridgehead atoms. The second-order valence-corrected chi connectivity index (χ2v) is 3.94. The maximum absolute atomic E-state index is 11.7. The number of hydrogen-bond acceptors (Lipinski definition) is 2. The van der Waals surface area contributed by atoms with Crippen LogP contribution in [0.15, 0.2) is 42.5 Å². The van der Waals surface area contributed by atoms with Gasteiger partial charge in [0, 0.05) is 6.54 Å². The van der Waals surface area contributed by atoms with Gasteiger partial charge in [0.25, 0.3) is 0 Å². The van der Waals surface area contributed by atoms with Crippen molar-refractivity contribution in [1.29, 1.82) is 0 Å². The summed E-state index contributed by atoms with van der Waals surface area (Å²) >= 11 is 0. The third-order valence-electron chi connectivity index (χ3n) is 2.48. The topological polar surface area (TPSA) is 55.1 Å². The molecule has 17 heavy (non-hydrogen) atoms. The number of rotatable bonds is 6. The van der Waals surface area contributed by atoms with Gasteiger partial charge in [-0.1, -0.05) is 42.5 Å². The third kappa shape index (κ3) is 5.31. The second kappa shape index (κ2) is 7.63. The van der Waals surface area contributed by atoms with Crippen molar-refractivity contribution in [3.63, 3.8) is 0 Å². The number of carbonyl (C=O) groups is 1. The van der Waals surface area contributed by atoms with Crippen molar-refractivity contribution in [2.45, 2.75) is 25.8 Å². The summed E-state index contributed by atoms with van der Waals surface area (Å²) in [5.41, 5.74) is 6.92. The van der Waals surface area contributed by atoms with E-state index in [1.165, 1.54) is 0 Å². The second-order valence-electron chi connectivity index (χ2n) is 3.94. The van der Waals surface area contributed by atoms with Crippen molar-refractivity contribution in [2.75, 3.05) is 6.54 Å². The van der Waals surface area contributed by atoms with Crippen molar-refractivity contribution < 1.29 is 4.79 Å². The van der Waals surface area contributed by atoms with E-state index >= 15 is 0 Å². The lowest BCUT2D eigenvalue weighted by molar-refractivity contribution is -0.122. The van der Waals surface area contributed by atoms with E-state index in [0.717, 1.165) is 12.0 Å². The maximum Gasteiger partial charge on any atom is 0.237 e. The van der Waals surface area contributed by atoms with Gasteiger partial charge in [0.05, 0.1) is 6.04 Å². The first-order valence-corrected chi connectivity index (χ1v) is 5.92. The highest BCUT2D eigenvalue weighted by Gasteiger charge is 2.12. The predicted molar refractivity (Wildman–Crippen MR) is 70.6 cm³/mol. The molecule has 0 fully saturated rings. The average molecular weight is 232 g/mol. The standard InChI is InChI=1S/C14H20N2O/c1-2-3-7-10-16-14(17)13(15)11-12-8-5-4-6-9-12/h2-6,8-9,13H,7,10-11,15H2,1H3,(H,16,17)/b3-2+. The molecule has 0 spiro atoms. The van der Waals surface area contributed by atoms with Gasteiger partial charge in [-0.25, -0.2) is 0 Å². The summed E-state index contributed by atoms with van der Waals surface area (Å²) in [5.74, 6) is -0.0849. The van der Waals surface area contributed by atoms with Gasteiger partial charge < -0.3 is 11.1 Å². The molecule has 1 unspecified atom stereocenters. The van der Waals surface area contributed by atoms with Gasteiger partial charge in [-0.3, -0.25) is 4.79 Å². The zero-order valence-electron chi connectivity index (χ0n) is 10.2. The molecule has 3 heteroatoms. The minimum atomic E-state index is -0.469. The first-order chi connectivity index (χ1) is 8.24. The minimum Gasteiger partial charge on any atom is -0.354 e. The predicted octanol–water partition coefficient (Wildman–Crippen LogP) is 1.64. The Kier molecular flexibility index (Phi) is 6.04. The zero-order valence-corrected chi connectivity index (χ0v) is 10.2. The Balaban J connectivity index is 2.32. The Bertz CT molecular complexity index is 360. The van der Waals surface area contributed by atoms with E-state index in [4.69, 9.17) is 5.73 Å². The van der Waals surface area contributed by atoms with E-state index < -0.39 is 6.04 Å². The minimum absolute atomic E-state index is 0.0849. The summed E-state index contributed by atoms with van der Waals surface area (Å²) in [5, 5.41) is 2.82. The van der Waals surface area contributed by atoms with Crippen LogP contribution in [0.2, 0.25) is 0 Å². The van der Waals surface area contributed by atoms with Gasteiger partial charge >= 0.3 is 0 Å². The SMILES string of the molecule is C/C=C/CCNC(=O)C(N)Cc1ccccc1. The first kappa shape index (κ1) is 13.5. The highest BCUT2D eigenvalue weighted by atomic mass is 16.2. The Morgan fingerprint density at radius 1 is 1.41 bits per heavy atom. The molecule has 1 atom stereocenters. The van der Waals surface area contributed by atoms with Gasteiger partial charge in [0.2, 0.25) is 5.91 Å². The molecule has 0 heterocycles. The number of nitrogens with one attached hydrogen (secondary N) is 1. The third-order valence-corrected chi connectivity index (χ3v) is 2.48. The number of allylic oxidation sites excluding steroid dienone is 1. The molecular formula is C14H20N2O. The van der Waals surface area contributed by atoms with Crippen LogP contribution in [0.5, 0.6) is 0 Å². The Morgan fingerprint density at radius 3 is 2.76 bits per heavy atom. The fraction of sp³-hybridized carbons (Fsp3) is 0.357. The highest BCUT2D eigenvalue weighted by Crippen LogP contribution is 2.01. The summed E-state index contributed by atoms with van der Waals surface area (Å²) in [6, 6.07) is 9.34. The normalized spacial score (nSPS) is 12.6. The molecule has 0 aliphatic rings. The lowest BCUT2D eigenvalue weighted by Crippen LogP contribution is -2.42. The monoisotopic (exact) mass is 232 g/mol. The van der Waals surface area contributed by atoms with Crippen molar-refractivity contribution in [3.05, 3.63) is 48.0 Å². The molecule has 1 aromatic rings. The quantitative estimate of drug-likeness (QED) is 0.578. The molecule has 1 amide bonds. The number of amides is 1. The molecule has 92 valence electrons. The smallest absolute Gasteiger partial charge is 0.237 e. The van der Waals surface area contributed by atoms with Gasteiger partial charge in [-0.15, -0.1) is 0 Å². The number of hydrogen-bond donors (Lipinski definition) is 2. The largest absolute Gasteiger partial charge is 0.354 e. The molecule has 0 aromatic heterocycles. The van der Waals surface area contributed by atoms with Crippen LogP contribution in [-0.4, -0.2) is 18.5 Å². The van der Waals surface area contributed by atoms with Gasteiger partial charge in [-0.05, 0) is 25.3 Å². The Hall–Kier alpha value is -1.61. The molecule has 0 saturated carbocycles. The summed E-state index contributed by atoms with van der Waals surface area (Å²) in [6.07, 6.45) is 5.41. The lowest BCUT2D eigenvalue weighted by Gasteiger charge is -2.11. The zero-order chi connectivity index (χ0) is 12.5. The summed E-state index contributed by atoms with van der Waals surface area (Å²) in [4.78, 5) is 11.7. The average Bonchev–Trinajstić information content (AvgIpc) is 2.35. The summed E-state index contributed by atoms with van der Waals surface area (Å²) in [7, 11) is 0. The first-order valence-electron chi connectivity index (χ1n) is 5.92. The molecule has 0 aliphatic carbocycles. The van der Waals surface area contributed by atoms with Crippen LogP contribution >= 0.6 is 0 Å². The summed E-state index contributed by atoms with van der Waals surface area (Å²) in [6.45, 7) is 2.61. The Morgan fingerprint density at radius 2 is 2.12 bits per heavy atom. The molecular weight excluding hydrogens is 212 g/mol. The van der Waals surface area contributed by atoms with Crippen molar-refractivity contribution in [2.24, 2.45) is 5.73 Å². The Labute approximate surface area is 103 Å². The lowest BCUT2D eigenvalue weighted by atomic mass is 10.1. The maximum atomic E-state index is 11.7. The van der Waals surface area contributed by atoms with Gasteiger partial charge in [-0.2, -0.15) is 0 Å². The molecule has 0 saturated heterocycles. The van der Waals surface area contributed by atoms with Crippen LogP contribution in [0.3, 0.4) is 0 Å². The molecule has 1 rings (SSSR count). The van der Waals surface area contributed by atoms with Gasteiger partial charge in [0.1, 0.15) is 0 Å². The van der Waals surface area contributed by atoms with Gasteiger partial charge in [0.15, 0.2) is 0 Å². The van der Waals surface area contributed by atoms with Crippen molar-refractivity contribution >= 4 is 5.91 Å². The number of carbonyl (C=O) groups excluding carboxylic acids is 1. The molecule has 0 aliphatic heterocycles. The fourth-order valence-corrected chi connectivity index (χ4v) is 1.54. The number of nitrogens with two attached hydrogens (primary N) is 1. The van der Waals surface area contributed by atoms with Crippen LogP contribution in [0, 0.1) is 0 Å². The van der Waals surface area contributed by atoms with E-state index in [1.54, 1.807) is 0 Å². The highest BCUT2D eigenvalue weighted by molar-refractivity contribution is 5.81. The molecule has 0 radical (unpaired) electrons. The fourth-order valence-electron chi connectivity index (χ4n) is 1.54. The summed E-state index contributed by atoms with van der Waals surface area (Å²) < 4.78 is 0. The van der Waals surface area contributed by atoms with Crippen LogP contribution in [-0.2, 0) is 11.2 Å². The van der Waals surface area contributed by atoms with Crippen LogP contribution in [0.1, 0.15) is 18.9 Å².